The van der Waals surface area contributed by atoms with Gasteiger partial charge in [0, 0.05) is 34.0 Å². The van der Waals surface area contributed by atoms with Gasteiger partial charge in [-0.05, 0) is 42.4 Å². The second kappa shape index (κ2) is 10.4. The Kier molecular flexibility index (Phi) is 8.05. The Morgan fingerprint density at radius 3 is 1.42 bits per heavy atom. The molecule has 0 unspecified atom stereocenters. The number of nitrogens with zero attached hydrogens (tertiary/aromatic N) is 4. The molecule has 0 aromatic carbocycles. The molecular weight excluding hydrogens is 801 g/mol. The molecule has 0 amide bonds. The van der Waals surface area contributed by atoms with E-state index in [-0.39, 0.29) is 42.8 Å². The summed E-state index contributed by atoms with van der Waals surface area (Å²) in [5, 5.41) is 0. The topological polar surface area (TPSA) is 35.6 Å². The van der Waals surface area contributed by atoms with Crippen molar-refractivity contribution in [1.29, 1.82) is 0 Å². The van der Waals surface area contributed by atoms with Crippen molar-refractivity contribution in [3.63, 3.8) is 0 Å². The molecule has 0 radical (unpaired) electrons. The molecule has 15 heteroatoms. The van der Waals surface area contributed by atoms with Crippen molar-refractivity contribution in [3.05, 3.63) is 94.1 Å². The largest absolute Gasteiger partial charge is 2.00 e. The Labute approximate surface area is 265 Å². The summed E-state index contributed by atoms with van der Waals surface area (Å²) < 4.78 is 147. The van der Waals surface area contributed by atoms with Crippen LogP contribution in [0.3, 0.4) is 0 Å². The van der Waals surface area contributed by atoms with Gasteiger partial charge in [0.25, 0.3) is 0 Å². The maximum Gasteiger partial charge on any atom is 2.00 e. The quantitative estimate of drug-likeness (QED) is 0.132. The van der Waals surface area contributed by atoms with Crippen molar-refractivity contribution in [1.82, 2.24) is 19.1 Å². The van der Waals surface area contributed by atoms with E-state index >= 15 is 4.39 Å². The van der Waals surface area contributed by atoms with Crippen LogP contribution in [-0.4, -0.2) is 19.1 Å². The molecular formula is C30H24F10N4Pt. The van der Waals surface area contributed by atoms with Gasteiger partial charge in [-0.1, -0.05) is 69.9 Å². The normalized spacial score (nSPS) is 17.2. The Morgan fingerprint density at radius 2 is 1.00 bits per heavy atom. The zero-order valence-corrected chi connectivity index (χ0v) is 26.6. The molecule has 1 aliphatic heterocycles. The van der Waals surface area contributed by atoms with Crippen LogP contribution in [0, 0.1) is 18.2 Å². The van der Waals surface area contributed by atoms with Gasteiger partial charge in [-0.25, -0.2) is 0 Å². The fraction of sp³-hybridized carbons (Fsp3) is 0.400. The van der Waals surface area contributed by atoms with Crippen LogP contribution in [0.4, 0.5) is 43.9 Å². The first kappa shape index (κ1) is 34.7. The molecule has 8 bridgehead atoms. The van der Waals surface area contributed by atoms with Crippen molar-refractivity contribution in [2.75, 3.05) is 0 Å². The Morgan fingerprint density at radius 1 is 0.600 bits per heavy atom. The third-order valence-electron chi connectivity index (χ3n) is 8.65. The minimum absolute atomic E-state index is 0. The van der Waals surface area contributed by atoms with Crippen LogP contribution in [0.5, 0.6) is 0 Å². The number of hydrogen-bond acceptors (Lipinski definition) is 2. The van der Waals surface area contributed by atoms with Crippen LogP contribution < -0.4 is 0 Å². The fourth-order valence-corrected chi connectivity index (χ4v) is 5.44. The molecule has 0 spiro atoms. The van der Waals surface area contributed by atoms with Gasteiger partial charge in [-0.2, -0.15) is 39.5 Å². The number of rotatable bonds is 0. The molecule has 1 aliphatic rings. The molecule has 45 heavy (non-hydrogen) atoms. The summed E-state index contributed by atoms with van der Waals surface area (Å²) >= 11 is 0. The average molecular weight is 826 g/mol. The van der Waals surface area contributed by atoms with Gasteiger partial charge in [0.1, 0.15) is 0 Å². The minimum atomic E-state index is -5.61. The zero-order chi connectivity index (χ0) is 33.0. The van der Waals surface area contributed by atoms with E-state index in [1.807, 2.05) is 0 Å². The van der Waals surface area contributed by atoms with Gasteiger partial charge in [-0.15, -0.1) is 5.56 Å². The Bertz CT molecular complexity index is 1770. The number of pyridine rings is 2. The number of aromatic nitrogens is 4. The number of hydrogen-bond donors (Lipinski definition) is 0. The van der Waals surface area contributed by atoms with Gasteiger partial charge in [-0.3, -0.25) is 14.4 Å². The maximum atomic E-state index is 16.0. The van der Waals surface area contributed by atoms with Crippen molar-refractivity contribution in [2.45, 2.75) is 76.3 Å². The summed E-state index contributed by atoms with van der Waals surface area (Å²) in [5.74, 6) is -2.77. The average Bonchev–Trinajstić information content (AvgIpc) is 3.48. The van der Waals surface area contributed by atoms with Gasteiger partial charge < -0.3 is 9.13 Å². The van der Waals surface area contributed by atoms with Crippen molar-refractivity contribution in [3.8, 4) is 11.6 Å². The van der Waals surface area contributed by atoms with Crippen LogP contribution in [-0.2, 0) is 55.8 Å². The van der Waals surface area contributed by atoms with E-state index in [2.05, 4.69) is 22.4 Å². The Hall–Kier alpha value is -3.15. The summed E-state index contributed by atoms with van der Waals surface area (Å²) in [6, 6.07) is 7.74. The summed E-state index contributed by atoms with van der Waals surface area (Å²) in [6.45, 7) is 7.50. The summed E-state index contributed by atoms with van der Waals surface area (Å²) in [5.41, 5.74) is -13.3. The fourth-order valence-electron chi connectivity index (χ4n) is 5.44. The summed E-state index contributed by atoms with van der Waals surface area (Å²) in [7, 11) is 0. The van der Waals surface area contributed by atoms with E-state index in [0.717, 1.165) is 33.8 Å². The molecule has 0 saturated heterocycles. The third-order valence-corrected chi connectivity index (χ3v) is 8.65. The van der Waals surface area contributed by atoms with E-state index in [4.69, 9.17) is 0 Å². The standard InChI is InChI=1S/C30H24F10N4.Pt/c1-25(2)17-9-7-11-19(41-17)43-13-15(21(28(32,33)34)23(43)29(35,36)37)26(3,4)27(5,6)16-14-44(20-12-8-10-18(25)42-20)24(22(16)31)30(38,39)40;/h7-12H,1-6H3;/q-2;+2. The van der Waals surface area contributed by atoms with E-state index in [1.165, 1.54) is 44.2 Å². The second-order valence-electron chi connectivity index (χ2n) is 12.2. The van der Waals surface area contributed by atoms with Crippen LogP contribution >= 0.6 is 0 Å². The smallest absolute Gasteiger partial charge is 0.425 e. The van der Waals surface area contributed by atoms with Crippen LogP contribution in [0.25, 0.3) is 11.6 Å². The SMILES string of the molecule is CC1(C)c2cccc(n2)-n2[c-]c(c(F)c2C(F)(F)F)C(C)(C)C(C)(C)c2[c-]n(c(C(F)(F)F)c2C(F)(F)F)-c2cccc1n2.[Pt+2]. The van der Waals surface area contributed by atoms with E-state index in [0.29, 0.717) is 4.57 Å². The van der Waals surface area contributed by atoms with Crippen molar-refractivity contribution < 1.29 is 65.0 Å². The number of fused-ring (bicyclic) bond motifs is 10. The van der Waals surface area contributed by atoms with Gasteiger partial charge >= 0.3 is 39.6 Å². The van der Waals surface area contributed by atoms with Gasteiger partial charge in [0.2, 0.25) is 0 Å². The maximum absolute atomic E-state index is 16.0. The first-order valence-electron chi connectivity index (χ1n) is 13.1. The van der Waals surface area contributed by atoms with Crippen LogP contribution in [0.15, 0.2) is 36.4 Å². The molecule has 0 atom stereocenters. The summed E-state index contributed by atoms with van der Waals surface area (Å²) in [6.07, 6.45) is -12.0. The first-order valence-corrected chi connectivity index (χ1v) is 13.1. The minimum Gasteiger partial charge on any atom is -0.425 e. The first-order chi connectivity index (χ1) is 19.9. The number of halogens is 10. The Balaban J connectivity index is 0.00000461. The predicted molar refractivity (Wildman–Crippen MR) is 138 cm³/mol. The molecule has 5 rings (SSSR count). The molecule has 0 fully saturated rings. The second-order valence-corrected chi connectivity index (χ2v) is 12.2. The molecule has 4 aromatic rings. The number of alkyl halides is 9. The molecule has 4 nitrogen and oxygen atoms in total. The van der Waals surface area contributed by atoms with E-state index < -0.39 is 74.5 Å². The summed E-state index contributed by atoms with van der Waals surface area (Å²) in [4.78, 5) is 8.61. The van der Waals surface area contributed by atoms with Gasteiger partial charge in [0.15, 0.2) is 0 Å². The van der Waals surface area contributed by atoms with Gasteiger partial charge in [0.05, 0.1) is 11.6 Å². The molecule has 0 N–H and O–H groups in total. The zero-order valence-electron chi connectivity index (χ0n) is 24.3. The molecule has 5 heterocycles. The van der Waals surface area contributed by atoms with E-state index in [1.54, 1.807) is 0 Å². The molecule has 244 valence electrons. The van der Waals surface area contributed by atoms with Crippen LogP contribution in [0.2, 0.25) is 0 Å². The van der Waals surface area contributed by atoms with Crippen LogP contribution in [0.1, 0.15) is 81.0 Å². The molecule has 0 saturated carbocycles. The van der Waals surface area contributed by atoms with Crippen molar-refractivity contribution in [2.24, 2.45) is 0 Å². The third kappa shape index (κ3) is 5.30. The molecule has 4 aromatic heterocycles. The monoisotopic (exact) mass is 825 g/mol. The van der Waals surface area contributed by atoms with Crippen molar-refractivity contribution >= 4 is 0 Å². The molecule has 0 aliphatic carbocycles. The predicted octanol–water partition coefficient (Wildman–Crippen LogP) is 8.75. The van der Waals surface area contributed by atoms with E-state index in [9.17, 15) is 39.5 Å².